The Morgan fingerprint density at radius 1 is 1.42 bits per heavy atom. The van der Waals surface area contributed by atoms with Crippen LogP contribution in [0.2, 0.25) is 0 Å². The minimum atomic E-state index is -0.489. The molecule has 0 atom stereocenters. The predicted octanol–water partition coefficient (Wildman–Crippen LogP) is 1.83. The van der Waals surface area contributed by atoms with Gasteiger partial charge < -0.3 is 5.32 Å². The number of hydrogen-bond acceptors (Lipinski definition) is 7. The van der Waals surface area contributed by atoms with Crippen LogP contribution in [-0.4, -0.2) is 21.4 Å². The first-order valence-corrected chi connectivity index (χ1v) is 6.04. The molecule has 0 radical (unpaired) electrons. The average Bonchev–Trinajstić information content (AvgIpc) is 2.35. The van der Waals surface area contributed by atoms with E-state index in [9.17, 15) is 10.1 Å². The summed E-state index contributed by atoms with van der Waals surface area (Å²) < 4.78 is 0. The van der Waals surface area contributed by atoms with Gasteiger partial charge in [-0.3, -0.25) is 15.5 Å². The molecule has 0 aliphatic heterocycles. The van der Waals surface area contributed by atoms with Gasteiger partial charge in [-0.1, -0.05) is 20.8 Å². The quantitative estimate of drug-likeness (QED) is 0.409. The van der Waals surface area contributed by atoms with Gasteiger partial charge in [0.15, 0.2) is 0 Å². The van der Waals surface area contributed by atoms with Crippen LogP contribution in [-0.2, 0) is 0 Å². The first-order valence-electron chi connectivity index (χ1n) is 6.04. The van der Waals surface area contributed by atoms with E-state index in [2.05, 4.69) is 41.5 Å². The Morgan fingerprint density at radius 2 is 2.05 bits per heavy atom. The van der Waals surface area contributed by atoms with Crippen molar-refractivity contribution in [2.75, 3.05) is 17.3 Å². The fourth-order valence-corrected chi connectivity index (χ4v) is 1.42. The third kappa shape index (κ3) is 3.75. The van der Waals surface area contributed by atoms with E-state index in [1.807, 2.05) is 0 Å². The van der Waals surface area contributed by atoms with Crippen LogP contribution >= 0.6 is 0 Å². The molecule has 0 bridgehead atoms. The van der Waals surface area contributed by atoms with E-state index in [1.54, 1.807) is 6.92 Å². The molecule has 0 amide bonds. The number of hydrogen-bond donors (Lipinski definition) is 3. The summed E-state index contributed by atoms with van der Waals surface area (Å²) in [4.78, 5) is 18.5. The monoisotopic (exact) mass is 268 g/mol. The van der Waals surface area contributed by atoms with E-state index < -0.39 is 4.92 Å². The third-order valence-electron chi connectivity index (χ3n) is 3.06. The number of anilines is 2. The van der Waals surface area contributed by atoms with Crippen LogP contribution in [0.4, 0.5) is 17.5 Å². The second-order valence-corrected chi connectivity index (χ2v) is 5.10. The Morgan fingerprint density at radius 3 is 2.53 bits per heavy atom. The molecular formula is C11H20N6O2. The molecule has 1 heterocycles. The van der Waals surface area contributed by atoms with Crippen molar-refractivity contribution >= 4 is 17.5 Å². The number of nitrogens with two attached hydrogens (primary N) is 1. The molecular weight excluding hydrogens is 248 g/mol. The standard InChI is InChI=1S/C11H20N6O2/c1-5-11(3,4)6-13-9-8(17(18)19)7(2)14-10(15-9)16-12/h5-6,12H2,1-4H3,(H2,13,14,15,16). The molecule has 106 valence electrons. The third-order valence-corrected chi connectivity index (χ3v) is 3.06. The van der Waals surface area contributed by atoms with Crippen LogP contribution in [0.1, 0.15) is 32.9 Å². The summed E-state index contributed by atoms with van der Waals surface area (Å²) in [7, 11) is 0. The van der Waals surface area contributed by atoms with Crippen LogP contribution in [0.15, 0.2) is 0 Å². The molecule has 0 saturated heterocycles. The molecule has 0 aromatic carbocycles. The molecule has 1 aromatic rings. The number of aromatic nitrogens is 2. The summed E-state index contributed by atoms with van der Waals surface area (Å²) in [5, 5.41) is 14.1. The summed E-state index contributed by atoms with van der Waals surface area (Å²) >= 11 is 0. The molecule has 0 aliphatic rings. The van der Waals surface area contributed by atoms with Gasteiger partial charge in [0.05, 0.1) is 4.92 Å². The lowest BCUT2D eigenvalue weighted by molar-refractivity contribution is -0.385. The highest BCUT2D eigenvalue weighted by Gasteiger charge is 2.24. The van der Waals surface area contributed by atoms with Gasteiger partial charge in [0.1, 0.15) is 5.69 Å². The fourth-order valence-electron chi connectivity index (χ4n) is 1.42. The number of nitrogen functional groups attached to an aromatic ring is 1. The molecule has 1 rings (SSSR count). The van der Waals surface area contributed by atoms with Crippen molar-refractivity contribution in [2.24, 2.45) is 11.3 Å². The van der Waals surface area contributed by atoms with Crippen molar-refractivity contribution in [2.45, 2.75) is 34.1 Å². The first-order chi connectivity index (χ1) is 8.80. The lowest BCUT2D eigenvalue weighted by atomic mass is 9.90. The molecule has 0 fully saturated rings. The Labute approximate surface area is 111 Å². The molecule has 8 heteroatoms. The van der Waals surface area contributed by atoms with Gasteiger partial charge in [-0.2, -0.15) is 4.98 Å². The van der Waals surface area contributed by atoms with Gasteiger partial charge in [-0.05, 0) is 18.8 Å². The van der Waals surface area contributed by atoms with E-state index in [1.165, 1.54) is 0 Å². The Kier molecular flexibility index (Phi) is 4.60. The highest BCUT2D eigenvalue weighted by Crippen LogP contribution is 2.28. The summed E-state index contributed by atoms with van der Waals surface area (Å²) in [5.41, 5.74) is 2.47. The largest absolute Gasteiger partial charge is 0.364 e. The zero-order valence-corrected chi connectivity index (χ0v) is 11.6. The van der Waals surface area contributed by atoms with Crippen molar-refractivity contribution in [1.82, 2.24) is 9.97 Å². The molecule has 0 unspecified atom stereocenters. The Balaban J connectivity index is 3.10. The van der Waals surface area contributed by atoms with Crippen molar-refractivity contribution in [3.8, 4) is 0 Å². The van der Waals surface area contributed by atoms with E-state index >= 15 is 0 Å². The predicted molar refractivity (Wildman–Crippen MR) is 73.8 cm³/mol. The molecule has 0 spiro atoms. The van der Waals surface area contributed by atoms with Crippen molar-refractivity contribution in [1.29, 1.82) is 0 Å². The van der Waals surface area contributed by atoms with Crippen LogP contribution in [0.3, 0.4) is 0 Å². The Bertz CT molecular complexity index is 474. The summed E-state index contributed by atoms with van der Waals surface area (Å²) in [6, 6.07) is 0. The van der Waals surface area contributed by atoms with Gasteiger partial charge in [0, 0.05) is 6.54 Å². The van der Waals surface area contributed by atoms with Gasteiger partial charge >= 0.3 is 5.69 Å². The number of nitro groups is 1. The van der Waals surface area contributed by atoms with Crippen LogP contribution in [0.5, 0.6) is 0 Å². The maximum absolute atomic E-state index is 11.1. The van der Waals surface area contributed by atoms with Gasteiger partial charge in [0.25, 0.3) is 0 Å². The molecule has 19 heavy (non-hydrogen) atoms. The zero-order chi connectivity index (χ0) is 14.6. The van der Waals surface area contributed by atoms with Crippen LogP contribution < -0.4 is 16.6 Å². The SMILES string of the molecule is CCC(C)(C)CNc1nc(NN)nc(C)c1[N+](=O)[O-]. The molecule has 0 saturated carbocycles. The van der Waals surface area contributed by atoms with Crippen LogP contribution in [0.25, 0.3) is 0 Å². The molecule has 1 aromatic heterocycles. The number of nitrogens with one attached hydrogen (secondary N) is 2. The van der Waals surface area contributed by atoms with Crippen molar-refractivity contribution < 1.29 is 4.92 Å². The second kappa shape index (κ2) is 5.79. The van der Waals surface area contributed by atoms with Gasteiger partial charge in [-0.25, -0.2) is 10.8 Å². The number of nitrogens with zero attached hydrogens (tertiary/aromatic N) is 3. The number of rotatable bonds is 6. The number of aryl methyl sites for hydroxylation is 1. The normalized spacial score (nSPS) is 11.2. The van der Waals surface area contributed by atoms with E-state index in [-0.39, 0.29) is 28.6 Å². The van der Waals surface area contributed by atoms with Crippen molar-refractivity contribution in [3.05, 3.63) is 15.8 Å². The lowest BCUT2D eigenvalue weighted by Gasteiger charge is -2.23. The average molecular weight is 268 g/mol. The molecule has 4 N–H and O–H groups in total. The smallest absolute Gasteiger partial charge is 0.332 e. The molecule has 0 aliphatic carbocycles. The minimum absolute atomic E-state index is 0.0169. The van der Waals surface area contributed by atoms with E-state index in [4.69, 9.17) is 5.84 Å². The summed E-state index contributed by atoms with van der Waals surface area (Å²) in [5.74, 6) is 5.59. The highest BCUT2D eigenvalue weighted by molar-refractivity contribution is 5.60. The topological polar surface area (TPSA) is 119 Å². The maximum atomic E-state index is 11.1. The summed E-state index contributed by atoms with van der Waals surface area (Å²) in [6.07, 6.45) is 0.944. The summed E-state index contributed by atoms with van der Waals surface area (Å²) in [6.45, 7) is 8.33. The van der Waals surface area contributed by atoms with Crippen molar-refractivity contribution in [3.63, 3.8) is 0 Å². The maximum Gasteiger partial charge on any atom is 0.332 e. The first kappa shape index (κ1) is 15.1. The lowest BCUT2D eigenvalue weighted by Crippen LogP contribution is -2.23. The van der Waals surface area contributed by atoms with E-state index in [0.717, 1.165) is 6.42 Å². The van der Waals surface area contributed by atoms with Crippen LogP contribution in [0, 0.1) is 22.5 Å². The van der Waals surface area contributed by atoms with Gasteiger partial charge in [-0.15, -0.1) is 0 Å². The number of hydrazine groups is 1. The zero-order valence-electron chi connectivity index (χ0n) is 11.6. The second-order valence-electron chi connectivity index (χ2n) is 5.10. The fraction of sp³-hybridized carbons (Fsp3) is 0.636. The van der Waals surface area contributed by atoms with Gasteiger partial charge in [0.2, 0.25) is 11.8 Å². The minimum Gasteiger partial charge on any atom is -0.364 e. The Hall–Kier alpha value is -1.96. The highest BCUT2D eigenvalue weighted by atomic mass is 16.6. The van der Waals surface area contributed by atoms with E-state index in [0.29, 0.717) is 6.54 Å². The molecule has 8 nitrogen and oxygen atoms in total.